The molecular weight excluding hydrogens is 368 g/mol. The predicted octanol–water partition coefficient (Wildman–Crippen LogP) is 3.49. The molecule has 1 heterocycles. The van der Waals surface area contributed by atoms with E-state index >= 15 is 0 Å². The Balaban J connectivity index is 1.73. The van der Waals surface area contributed by atoms with Gasteiger partial charge in [0.25, 0.3) is 0 Å². The van der Waals surface area contributed by atoms with E-state index in [1.807, 2.05) is 0 Å². The molecule has 1 aromatic rings. The van der Waals surface area contributed by atoms with Crippen molar-refractivity contribution in [3.63, 3.8) is 0 Å². The zero-order valence-corrected chi connectivity index (χ0v) is 15.6. The van der Waals surface area contributed by atoms with Crippen molar-refractivity contribution >= 4 is 34.9 Å². The number of methoxy groups -OCH3 is 1. The molecule has 0 aromatic heterocycles. The molecule has 1 aromatic carbocycles. The van der Waals surface area contributed by atoms with E-state index < -0.39 is 11.4 Å². The summed E-state index contributed by atoms with van der Waals surface area (Å²) in [7, 11) is 1.60. The van der Waals surface area contributed by atoms with Crippen molar-refractivity contribution in [1.82, 2.24) is 10.2 Å². The van der Waals surface area contributed by atoms with Gasteiger partial charge in [-0.05, 0) is 42.4 Å². The van der Waals surface area contributed by atoms with Gasteiger partial charge in [-0.1, -0.05) is 24.4 Å². The van der Waals surface area contributed by atoms with E-state index in [1.165, 1.54) is 0 Å². The zero-order chi connectivity index (χ0) is 18.1. The minimum Gasteiger partial charge on any atom is -0.496 e. The van der Waals surface area contributed by atoms with Gasteiger partial charge in [0.05, 0.1) is 7.11 Å². The van der Waals surface area contributed by atoms with E-state index in [9.17, 15) is 4.79 Å². The Hall–Kier alpha value is -1.61. The molecule has 1 unspecified atom stereocenters. The Kier molecular flexibility index (Phi) is 8.20. The van der Waals surface area contributed by atoms with Crippen molar-refractivity contribution in [2.45, 2.75) is 32.1 Å². The lowest BCUT2D eigenvalue weighted by Gasteiger charge is -2.09. The first kappa shape index (κ1) is 19.7. The Morgan fingerprint density at radius 1 is 1.40 bits per heavy atom. The molecule has 9 heteroatoms. The number of benzene rings is 1. The molecule has 1 aliphatic heterocycles. The number of nitrogens with one attached hydrogen (secondary N) is 2. The number of carbonyl (C=O) groups is 1. The predicted molar refractivity (Wildman–Crippen MR) is 98.2 cm³/mol. The molecule has 25 heavy (non-hydrogen) atoms. The number of unbranched alkanes of at least 4 members (excludes halogenated alkanes) is 3. The van der Waals surface area contributed by atoms with Crippen LogP contribution in [0.5, 0.6) is 5.75 Å². The summed E-state index contributed by atoms with van der Waals surface area (Å²) in [6.45, 7) is 0. The molecule has 7 nitrogen and oxygen atoms in total. The number of hydrogen-bond donors (Lipinski definition) is 4. The molecule has 0 spiro atoms. The average molecular weight is 391 g/mol. The van der Waals surface area contributed by atoms with Gasteiger partial charge in [0, 0.05) is 28.8 Å². The van der Waals surface area contributed by atoms with Crippen LogP contribution in [0, 0.1) is 0 Å². The fraction of sp³-hybridized carbons (Fsp3) is 0.438. The molecular formula is C16H23ClN2O5S. The van der Waals surface area contributed by atoms with Crippen LogP contribution >= 0.6 is 23.0 Å². The van der Waals surface area contributed by atoms with Gasteiger partial charge >= 0.3 is 0 Å². The van der Waals surface area contributed by atoms with Crippen molar-refractivity contribution in [2.24, 2.45) is 0 Å². The number of carbonyl (C=O) groups excluding carboxylic acids is 1. The van der Waals surface area contributed by atoms with E-state index in [-0.39, 0.29) is 5.91 Å². The van der Waals surface area contributed by atoms with Crippen molar-refractivity contribution in [3.8, 4) is 5.75 Å². The highest BCUT2D eigenvalue weighted by Gasteiger charge is 2.18. The lowest BCUT2D eigenvalue weighted by atomic mass is 10.1. The number of amides is 1. The maximum Gasteiger partial charge on any atom is 0.243 e. The second kappa shape index (κ2) is 10.4. The van der Waals surface area contributed by atoms with Crippen LogP contribution in [0.2, 0.25) is 5.02 Å². The lowest BCUT2D eigenvalue weighted by molar-refractivity contribution is -0.135. The van der Waals surface area contributed by atoms with Crippen molar-refractivity contribution in [2.75, 3.05) is 12.9 Å². The van der Waals surface area contributed by atoms with Crippen molar-refractivity contribution < 1.29 is 24.0 Å². The van der Waals surface area contributed by atoms with Gasteiger partial charge < -0.3 is 9.62 Å². The molecule has 140 valence electrons. The van der Waals surface area contributed by atoms with Crippen molar-refractivity contribution in [3.05, 3.63) is 34.7 Å². The molecule has 0 saturated carbocycles. The van der Waals surface area contributed by atoms with Crippen LogP contribution in [-0.2, 0) is 14.0 Å². The fourth-order valence-electron chi connectivity index (χ4n) is 2.30. The normalized spacial score (nSPS) is 19.3. The molecule has 1 atom stereocenters. The van der Waals surface area contributed by atoms with Crippen LogP contribution in [0.4, 0.5) is 0 Å². The summed E-state index contributed by atoms with van der Waals surface area (Å²) in [5, 5.41) is 9.02. The van der Waals surface area contributed by atoms with Gasteiger partial charge in [0.1, 0.15) is 5.75 Å². The topological polar surface area (TPSA) is 89.1 Å². The smallest absolute Gasteiger partial charge is 0.243 e. The number of halogens is 1. The molecule has 3 N–H and O–H groups in total. The second-order valence-electron chi connectivity index (χ2n) is 5.47. The highest BCUT2D eigenvalue weighted by molar-refractivity contribution is 8.11. The van der Waals surface area contributed by atoms with Crippen LogP contribution in [-0.4, -0.2) is 24.0 Å². The van der Waals surface area contributed by atoms with Gasteiger partial charge in [-0.2, -0.15) is 0 Å². The molecule has 0 bridgehead atoms. The third-order valence-corrected chi connectivity index (χ3v) is 5.25. The number of hydroxylamine groups is 1. The summed E-state index contributed by atoms with van der Waals surface area (Å²) in [6, 6.07) is 5.35. The van der Waals surface area contributed by atoms with E-state index in [2.05, 4.69) is 4.72 Å². The van der Waals surface area contributed by atoms with Gasteiger partial charge in [0.2, 0.25) is 11.8 Å². The van der Waals surface area contributed by atoms with Gasteiger partial charge in [-0.3, -0.25) is 14.7 Å². The minimum absolute atomic E-state index is 0.343. The first-order chi connectivity index (χ1) is 12.1. The second-order valence-corrected chi connectivity index (χ2v) is 7.48. The Bertz CT molecular complexity index is 614. The largest absolute Gasteiger partial charge is 0.496 e. The Labute approximate surface area is 154 Å². The lowest BCUT2D eigenvalue weighted by Crippen LogP contribution is -2.17. The van der Waals surface area contributed by atoms with Gasteiger partial charge in [-0.25, -0.2) is 5.48 Å². The number of rotatable bonds is 9. The fourth-order valence-corrected chi connectivity index (χ4v) is 3.74. The number of ether oxygens (including phenoxy) is 1. The Morgan fingerprint density at radius 2 is 2.20 bits per heavy atom. The van der Waals surface area contributed by atoms with E-state index in [0.29, 0.717) is 23.1 Å². The molecule has 1 saturated heterocycles. The molecule has 1 aliphatic rings. The van der Waals surface area contributed by atoms with Crippen LogP contribution in [0.3, 0.4) is 0 Å². The molecule has 0 aliphatic carbocycles. The first-order valence-corrected chi connectivity index (χ1v) is 9.81. The van der Waals surface area contributed by atoms with E-state index in [0.717, 1.165) is 37.0 Å². The summed E-state index contributed by atoms with van der Waals surface area (Å²) in [5.41, 5.74) is 2.44. The third-order valence-electron chi connectivity index (χ3n) is 3.57. The molecule has 1 fully saturated rings. The minimum atomic E-state index is -0.872. The highest BCUT2D eigenvalue weighted by Crippen LogP contribution is 2.35. The summed E-state index contributed by atoms with van der Waals surface area (Å²) in [4.78, 5) is 16.1. The third kappa shape index (κ3) is 6.66. The quantitative estimate of drug-likeness (QED) is 0.170. The number of thiol groups is 1. The summed E-state index contributed by atoms with van der Waals surface area (Å²) < 4.78 is 13.8. The van der Waals surface area contributed by atoms with Crippen LogP contribution in [0.1, 0.15) is 37.7 Å². The Morgan fingerprint density at radius 3 is 2.96 bits per heavy atom. The summed E-state index contributed by atoms with van der Waals surface area (Å²) >= 11 is 5.14. The first-order valence-electron chi connectivity index (χ1n) is 7.99. The molecule has 2 rings (SSSR count). The van der Waals surface area contributed by atoms with Gasteiger partial charge in [0.15, 0.2) is 0 Å². The standard InChI is InChI=1S/C16H23ClN2O5S/c1-22-14-8-7-13(17)10-12(14)11-16-19-25(24-23-16)9-5-3-2-4-6-15(20)18-21/h7-8,10-11,19,21,25H,2-6,9H2,1H3,(H,18,20)/b16-11-. The summed E-state index contributed by atoms with van der Waals surface area (Å²) in [5.74, 6) is 1.74. The van der Waals surface area contributed by atoms with E-state index in [4.69, 9.17) is 30.8 Å². The highest BCUT2D eigenvalue weighted by atomic mass is 35.5. The maximum absolute atomic E-state index is 10.9. The molecule has 0 radical (unpaired) electrons. The number of hydrogen-bond acceptors (Lipinski definition) is 6. The maximum atomic E-state index is 10.9. The van der Waals surface area contributed by atoms with E-state index in [1.54, 1.807) is 36.9 Å². The zero-order valence-electron chi connectivity index (χ0n) is 14.0. The van der Waals surface area contributed by atoms with Gasteiger partial charge in [-0.15, -0.1) is 4.33 Å². The van der Waals surface area contributed by atoms with Crippen LogP contribution < -0.4 is 14.9 Å². The SMILES string of the molecule is COc1ccc(Cl)cc1/C=C1/N[SH](CCCCCCC(=O)NO)OO1. The van der Waals surface area contributed by atoms with Crippen LogP contribution in [0.15, 0.2) is 24.1 Å². The molecule has 1 amide bonds. The van der Waals surface area contributed by atoms with Crippen molar-refractivity contribution in [1.29, 1.82) is 0 Å². The summed E-state index contributed by atoms with van der Waals surface area (Å²) in [6.07, 6.45) is 5.78. The monoisotopic (exact) mass is 390 g/mol. The van der Waals surface area contributed by atoms with Crippen LogP contribution in [0.25, 0.3) is 6.08 Å². The average Bonchev–Trinajstić information content (AvgIpc) is 3.05.